The standard InChI is InChI=1S/C17H21N/c1-12-9-14(3)16(10-13(12)2)11-15-5-7-17(18-4)8-6-15/h5-10,18H,11H2,1-4H3. The van der Waals surface area contributed by atoms with Crippen LogP contribution in [0.5, 0.6) is 0 Å². The van der Waals surface area contributed by atoms with Crippen molar-refractivity contribution in [2.45, 2.75) is 27.2 Å². The van der Waals surface area contributed by atoms with Gasteiger partial charge in [-0.15, -0.1) is 0 Å². The normalized spacial score (nSPS) is 10.4. The molecule has 2 rings (SSSR count). The molecule has 2 aromatic carbocycles. The molecule has 2 aromatic rings. The van der Waals surface area contributed by atoms with Crippen LogP contribution < -0.4 is 5.32 Å². The molecule has 0 bridgehead atoms. The summed E-state index contributed by atoms with van der Waals surface area (Å²) in [5.41, 5.74) is 8.09. The first kappa shape index (κ1) is 12.7. The number of benzene rings is 2. The summed E-state index contributed by atoms with van der Waals surface area (Å²) in [6, 6.07) is 13.3. The minimum absolute atomic E-state index is 1.01. The Morgan fingerprint density at radius 2 is 1.44 bits per heavy atom. The zero-order valence-electron chi connectivity index (χ0n) is 11.7. The molecule has 0 amide bonds. The van der Waals surface area contributed by atoms with Gasteiger partial charge in [-0.3, -0.25) is 0 Å². The van der Waals surface area contributed by atoms with Crippen molar-refractivity contribution in [3.63, 3.8) is 0 Å². The molecule has 0 aliphatic heterocycles. The topological polar surface area (TPSA) is 12.0 Å². The first-order valence-electron chi connectivity index (χ1n) is 6.43. The highest BCUT2D eigenvalue weighted by Crippen LogP contribution is 2.19. The largest absolute Gasteiger partial charge is 0.388 e. The maximum absolute atomic E-state index is 3.15. The third-order valence-corrected chi connectivity index (χ3v) is 3.59. The highest BCUT2D eigenvalue weighted by atomic mass is 14.8. The monoisotopic (exact) mass is 239 g/mol. The van der Waals surface area contributed by atoms with Crippen molar-refractivity contribution in [3.8, 4) is 0 Å². The number of aryl methyl sites for hydroxylation is 3. The van der Waals surface area contributed by atoms with Crippen molar-refractivity contribution >= 4 is 5.69 Å². The Morgan fingerprint density at radius 1 is 0.833 bits per heavy atom. The van der Waals surface area contributed by atoms with Crippen molar-refractivity contribution in [2.75, 3.05) is 12.4 Å². The molecule has 0 fully saturated rings. The van der Waals surface area contributed by atoms with Gasteiger partial charge in [-0.25, -0.2) is 0 Å². The highest BCUT2D eigenvalue weighted by molar-refractivity contribution is 5.46. The molecule has 94 valence electrons. The molecule has 0 aliphatic carbocycles. The van der Waals surface area contributed by atoms with E-state index in [1.54, 1.807) is 0 Å². The van der Waals surface area contributed by atoms with Crippen LogP contribution in [-0.2, 0) is 6.42 Å². The molecule has 0 heterocycles. The zero-order valence-corrected chi connectivity index (χ0v) is 11.7. The predicted molar refractivity (Wildman–Crippen MR) is 79.4 cm³/mol. The van der Waals surface area contributed by atoms with Crippen LogP contribution in [0.3, 0.4) is 0 Å². The summed E-state index contributed by atoms with van der Waals surface area (Å²) in [4.78, 5) is 0. The van der Waals surface area contributed by atoms with Gasteiger partial charge in [0.05, 0.1) is 0 Å². The van der Waals surface area contributed by atoms with Gasteiger partial charge in [0.25, 0.3) is 0 Å². The van der Waals surface area contributed by atoms with Crippen LogP contribution in [0.4, 0.5) is 5.69 Å². The van der Waals surface area contributed by atoms with E-state index in [4.69, 9.17) is 0 Å². The van der Waals surface area contributed by atoms with Gasteiger partial charge in [0.15, 0.2) is 0 Å². The lowest BCUT2D eigenvalue weighted by molar-refractivity contribution is 1.13. The fourth-order valence-corrected chi connectivity index (χ4v) is 2.22. The van der Waals surface area contributed by atoms with Gasteiger partial charge in [-0.1, -0.05) is 24.3 Å². The number of hydrogen-bond acceptors (Lipinski definition) is 1. The Labute approximate surface area is 110 Å². The summed E-state index contributed by atoms with van der Waals surface area (Å²) in [6.07, 6.45) is 1.01. The number of anilines is 1. The summed E-state index contributed by atoms with van der Waals surface area (Å²) in [5.74, 6) is 0. The van der Waals surface area contributed by atoms with Gasteiger partial charge < -0.3 is 5.32 Å². The van der Waals surface area contributed by atoms with E-state index in [2.05, 4.69) is 62.5 Å². The Kier molecular flexibility index (Phi) is 3.71. The van der Waals surface area contributed by atoms with E-state index in [0.717, 1.165) is 12.1 Å². The van der Waals surface area contributed by atoms with Gasteiger partial charge in [0.2, 0.25) is 0 Å². The first-order valence-corrected chi connectivity index (χ1v) is 6.43. The SMILES string of the molecule is CNc1ccc(Cc2cc(C)c(C)cc2C)cc1. The van der Waals surface area contributed by atoms with Gasteiger partial charge in [-0.05, 0) is 67.1 Å². The predicted octanol–water partition coefficient (Wildman–Crippen LogP) is 4.24. The maximum Gasteiger partial charge on any atom is 0.0337 e. The van der Waals surface area contributed by atoms with E-state index in [-0.39, 0.29) is 0 Å². The van der Waals surface area contributed by atoms with Gasteiger partial charge >= 0.3 is 0 Å². The van der Waals surface area contributed by atoms with E-state index < -0.39 is 0 Å². The van der Waals surface area contributed by atoms with Gasteiger partial charge in [0.1, 0.15) is 0 Å². The summed E-state index contributed by atoms with van der Waals surface area (Å²) in [5, 5.41) is 3.15. The van der Waals surface area contributed by atoms with Crippen LogP contribution in [0.1, 0.15) is 27.8 Å². The van der Waals surface area contributed by atoms with Crippen molar-refractivity contribution in [3.05, 3.63) is 64.2 Å². The molecular weight excluding hydrogens is 218 g/mol. The third-order valence-electron chi connectivity index (χ3n) is 3.59. The Morgan fingerprint density at radius 3 is 2.06 bits per heavy atom. The number of hydrogen-bond donors (Lipinski definition) is 1. The van der Waals surface area contributed by atoms with E-state index >= 15 is 0 Å². The molecule has 0 unspecified atom stereocenters. The molecule has 0 saturated heterocycles. The highest BCUT2D eigenvalue weighted by Gasteiger charge is 2.03. The molecule has 0 aromatic heterocycles. The summed E-state index contributed by atoms with van der Waals surface area (Å²) >= 11 is 0. The first-order chi connectivity index (χ1) is 8.60. The molecule has 18 heavy (non-hydrogen) atoms. The van der Waals surface area contributed by atoms with E-state index in [9.17, 15) is 0 Å². The van der Waals surface area contributed by atoms with Crippen LogP contribution in [0.25, 0.3) is 0 Å². The molecule has 0 spiro atoms. The second-order valence-electron chi connectivity index (χ2n) is 4.99. The molecule has 0 atom stereocenters. The molecule has 0 radical (unpaired) electrons. The summed E-state index contributed by atoms with van der Waals surface area (Å²) < 4.78 is 0. The molecule has 1 heteroatoms. The minimum atomic E-state index is 1.01. The number of nitrogens with one attached hydrogen (secondary N) is 1. The second kappa shape index (κ2) is 5.26. The van der Waals surface area contributed by atoms with Crippen LogP contribution >= 0.6 is 0 Å². The van der Waals surface area contributed by atoms with Gasteiger partial charge in [0, 0.05) is 12.7 Å². The minimum Gasteiger partial charge on any atom is -0.388 e. The average Bonchev–Trinajstić information content (AvgIpc) is 2.37. The van der Waals surface area contributed by atoms with Crippen LogP contribution in [-0.4, -0.2) is 7.05 Å². The van der Waals surface area contributed by atoms with Crippen LogP contribution in [0, 0.1) is 20.8 Å². The zero-order chi connectivity index (χ0) is 13.1. The molecular formula is C17H21N. The Bertz CT molecular complexity index is 538. The number of rotatable bonds is 3. The third kappa shape index (κ3) is 2.73. The second-order valence-corrected chi connectivity index (χ2v) is 4.99. The average molecular weight is 239 g/mol. The Balaban J connectivity index is 2.25. The van der Waals surface area contributed by atoms with Gasteiger partial charge in [-0.2, -0.15) is 0 Å². The lowest BCUT2D eigenvalue weighted by Gasteiger charge is -2.10. The molecule has 0 aliphatic rings. The quantitative estimate of drug-likeness (QED) is 0.844. The smallest absolute Gasteiger partial charge is 0.0337 e. The summed E-state index contributed by atoms with van der Waals surface area (Å²) in [6.45, 7) is 6.56. The molecule has 1 N–H and O–H groups in total. The van der Waals surface area contributed by atoms with Crippen molar-refractivity contribution in [1.82, 2.24) is 0 Å². The summed E-state index contributed by atoms with van der Waals surface area (Å²) in [7, 11) is 1.95. The maximum atomic E-state index is 3.15. The van der Waals surface area contributed by atoms with Crippen molar-refractivity contribution in [2.24, 2.45) is 0 Å². The van der Waals surface area contributed by atoms with E-state index in [0.29, 0.717) is 0 Å². The lowest BCUT2D eigenvalue weighted by atomic mass is 9.96. The van der Waals surface area contributed by atoms with Crippen LogP contribution in [0.15, 0.2) is 36.4 Å². The van der Waals surface area contributed by atoms with Crippen molar-refractivity contribution in [1.29, 1.82) is 0 Å². The Hall–Kier alpha value is -1.76. The fourth-order valence-electron chi connectivity index (χ4n) is 2.22. The molecule has 0 saturated carbocycles. The van der Waals surface area contributed by atoms with Crippen molar-refractivity contribution < 1.29 is 0 Å². The van der Waals surface area contributed by atoms with Crippen LogP contribution in [0.2, 0.25) is 0 Å². The van der Waals surface area contributed by atoms with E-state index in [1.165, 1.54) is 27.8 Å². The van der Waals surface area contributed by atoms with E-state index in [1.807, 2.05) is 7.05 Å². The fraction of sp³-hybridized carbons (Fsp3) is 0.294. The lowest BCUT2D eigenvalue weighted by Crippen LogP contribution is -1.95. The molecule has 1 nitrogen and oxygen atoms in total.